The number of carboxylic acid groups (broad SMARTS) is 1. The summed E-state index contributed by atoms with van der Waals surface area (Å²) >= 11 is 0. The van der Waals surface area contributed by atoms with E-state index in [0.717, 1.165) is 0 Å². The van der Waals surface area contributed by atoms with E-state index in [0.29, 0.717) is 32.2 Å². The summed E-state index contributed by atoms with van der Waals surface area (Å²) in [6.45, 7) is 4.30. The summed E-state index contributed by atoms with van der Waals surface area (Å²) in [5.74, 6) is -1.12. The smallest absolute Gasteiger partial charge is 0.306 e. The summed E-state index contributed by atoms with van der Waals surface area (Å²) in [4.78, 5) is 10.7. The maximum Gasteiger partial charge on any atom is 0.306 e. The van der Waals surface area contributed by atoms with Gasteiger partial charge in [-0.3, -0.25) is 4.79 Å². The Balaban J connectivity index is 2.37. The number of carboxylic acids is 1. The molecular formula is C11H20FNO2. The van der Waals surface area contributed by atoms with Crippen LogP contribution in [-0.2, 0) is 4.79 Å². The quantitative estimate of drug-likeness (QED) is 0.757. The molecule has 0 aromatic rings. The Morgan fingerprint density at radius 2 is 2.07 bits per heavy atom. The van der Waals surface area contributed by atoms with Crippen molar-refractivity contribution < 1.29 is 14.3 Å². The summed E-state index contributed by atoms with van der Waals surface area (Å²) in [6, 6.07) is 0.273. The molecule has 0 heterocycles. The number of hydrogen-bond acceptors (Lipinski definition) is 2. The maximum atomic E-state index is 14.1. The summed E-state index contributed by atoms with van der Waals surface area (Å²) in [7, 11) is 0. The molecule has 0 unspecified atom stereocenters. The third kappa shape index (κ3) is 3.78. The van der Waals surface area contributed by atoms with Crippen LogP contribution in [0.4, 0.5) is 4.39 Å². The number of rotatable bonds is 4. The van der Waals surface area contributed by atoms with Crippen LogP contribution < -0.4 is 5.32 Å². The van der Waals surface area contributed by atoms with Crippen molar-refractivity contribution in [3.05, 3.63) is 0 Å². The molecule has 0 amide bonds. The van der Waals surface area contributed by atoms with Crippen LogP contribution >= 0.6 is 0 Å². The lowest BCUT2D eigenvalue weighted by Crippen LogP contribution is -2.43. The second kappa shape index (κ2) is 4.92. The van der Waals surface area contributed by atoms with Crippen LogP contribution in [0.1, 0.15) is 39.5 Å². The number of carbonyl (C=O) groups is 1. The summed E-state index contributed by atoms with van der Waals surface area (Å²) in [5, 5.41) is 11.9. The zero-order valence-electron chi connectivity index (χ0n) is 9.42. The van der Waals surface area contributed by atoms with E-state index in [-0.39, 0.29) is 12.0 Å². The Morgan fingerprint density at radius 1 is 1.53 bits per heavy atom. The number of hydrogen-bond donors (Lipinski definition) is 2. The van der Waals surface area contributed by atoms with Crippen LogP contribution in [0, 0.1) is 5.92 Å². The molecular weight excluding hydrogens is 197 g/mol. The van der Waals surface area contributed by atoms with E-state index in [2.05, 4.69) is 5.32 Å². The van der Waals surface area contributed by atoms with Gasteiger partial charge in [0.1, 0.15) is 5.67 Å². The van der Waals surface area contributed by atoms with Crippen LogP contribution in [0.3, 0.4) is 0 Å². The van der Waals surface area contributed by atoms with Crippen molar-refractivity contribution >= 4 is 5.97 Å². The topological polar surface area (TPSA) is 49.3 Å². The van der Waals surface area contributed by atoms with E-state index >= 15 is 0 Å². The first-order chi connectivity index (χ1) is 6.93. The molecule has 0 spiro atoms. The molecule has 15 heavy (non-hydrogen) atoms. The average Bonchev–Trinajstić information content (AvgIpc) is 2.16. The Hall–Kier alpha value is -0.640. The average molecular weight is 217 g/mol. The highest BCUT2D eigenvalue weighted by Crippen LogP contribution is 2.34. The SMILES string of the molecule is CC(C)NCC1(F)CCC(C(=O)O)CC1. The summed E-state index contributed by atoms with van der Waals surface area (Å²) in [5.41, 5.74) is -1.20. The summed E-state index contributed by atoms with van der Waals surface area (Å²) < 4.78 is 14.1. The van der Waals surface area contributed by atoms with Gasteiger partial charge in [0.05, 0.1) is 5.92 Å². The zero-order chi connectivity index (χ0) is 11.5. The number of aliphatic carboxylic acids is 1. The molecule has 88 valence electrons. The Kier molecular flexibility index (Phi) is 4.08. The fraction of sp³-hybridized carbons (Fsp3) is 0.909. The summed E-state index contributed by atoms with van der Waals surface area (Å²) in [6.07, 6.45) is 1.66. The minimum atomic E-state index is -1.20. The molecule has 1 rings (SSSR count). The van der Waals surface area contributed by atoms with E-state index in [4.69, 9.17) is 5.11 Å². The van der Waals surface area contributed by atoms with Gasteiger partial charge in [-0.15, -0.1) is 0 Å². The van der Waals surface area contributed by atoms with Crippen molar-refractivity contribution in [1.29, 1.82) is 0 Å². The molecule has 1 aliphatic rings. The highest BCUT2D eigenvalue weighted by atomic mass is 19.1. The van der Waals surface area contributed by atoms with Crippen molar-refractivity contribution in [1.82, 2.24) is 5.32 Å². The molecule has 0 saturated heterocycles. The largest absolute Gasteiger partial charge is 0.481 e. The Bertz CT molecular complexity index is 223. The van der Waals surface area contributed by atoms with Gasteiger partial charge >= 0.3 is 5.97 Å². The monoisotopic (exact) mass is 217 g/mol. The second-order valence-corrected chi connectivity index (χ2v) is 4.80. The maximum absolute atomic E-state index is 14.1. The van der Waals surface area contributed by atoms with Crippen LogP contribution in [0.5, 0.6) is 0 Å². The number of alkyl halides is 1. The fourth-order valence-corrected chi connectivity index (χ4v) is 1.95. The molecule has 4 heteroatoms. The van der Waals surface area contributed by atoms with Crippen molar-refractivity contribution in [2.75, 3.05) is 6.54 Å². The Labute approximate surface area is 90.1 Å². The van der Waals surface area contributed by atoms with Crippen molar-refractivity contribution in [3.63, 3.8) is 0 Å². The van der Waals surface area contributed by atoms with Gasteiger partial charge in [-0.05, 0) is 25.7 Å². The number of nitrogens with one attached hydrogen (secondary N) is 1. The molecule has 0 bridgehead atoms. The van der Waals surface area contributed by atoms with Crippen LogP contribution in [-0.4, -0.2) is 29.3 Å². The number of halogens is 1. The van der Waals surface area contributed by atoms with Gasteiger partial charge in [0.15, 0.2) is 0 Å². The molecule has 1 fully saturated rings. The minimum absolute atomic E-state index is 0.273. The zero-order valence-corrected chi connectivity index (χ0v) is 9.42. The van der Waals surface area contributed by atoms with Gasteiger partial charge in [-0.1, -0.05) is 13.8 Å². The lowest BCUT2D eigenvalue weighted by Gasteiger charge is -2.33. The van der Waals surface area contributed by atoms with Gasteiger partial charge in [-0.2, -0.15) is 0 Å². The first-order valence-electron chi connectivity index (χ1n) is 5.58. The van der Waals surface area contributed by atoms with Crippen molar-refractivity contribution in [2.24, 2.45) is 5.92 Å². The lowest BCUT2D eigenvalue weighted by atomic mass is 9.80. The molecule has 3 nitrogen and oxygen atoms in total. The molecule has 2 N–H and O–H groups in total. The molecule has 0 atom stereocenters. The Morgan fingerprint density at radius 3 is 2.47 bits per heavy atom. The molecule has 0 aromatic carbocycles. The van der Waals surface area contributed by atoms with Gasteiger partial charge < -0.3 is 10.4 Å². The lowest BCUT2D eigenvalue weighted by molar-refractivity contribution is -0.143. The fourth-order valence-electron chi connectivity index (χ4n) is 1.95. The van der Waals surface area contributed by atoms with Gasteiger partial charge in [0.25, 0.3) is 0 Å². The predicted molar refractivity (Wildman–Crippen MR) is 56.6 cm³/mol. The van der Waals surface area contributed by atoms with Gasteiger partial charge in [-0.25, -0.2) is 4.39 Å². The molecule has 0 radical (unpaired) electrons. The molecule has 1 saturated carbocycles. The standard InChI is InChI=1S/C11H20FNO2/c1-8(2)13-7-11(12)5-3-9(4-6-11)10(14)15/h8-9,13H,3-7H2,1-2H3,(H,14,15). The van der Waals surface area contributed by atoms with Crippen LogP contribution in [0.25, 0.3) is 0 Å². The molecule has 0 aliphatic heterocycles. The van der Waals surface area contributed by atoms with Gasteiger partial charge in [0.2, 0.25) is 0 Å². The van der Waals surface area contributed by atoms with Crippen LogP contribution in [0.2, 0.25) is 0 Å². The molecule has 0 aromatic heterocycles. The van der Waals surface area contributed by atoms with E-state index in [1.807, 2.05) is 13.8 Å². The third-order valence-electron chi connectivity index (χ3n) is 3.06. The van der Waals surface area contributed by atoms with Crippen LogP contribution in [0.15, 0.2) is 0 Å². The normalized spacial score (nSPS) is 31.9. The first kappa shape index (κ1) is 12.4. The van der Waals surface area contributed by atoms with E-state index in [1.165, 1.54) is 0 Å². The van der Waals surface area contributed by atoms with E-state index in [1.54, 1.807) is 0 Å². The first-order valence-corrected chi connectivity index (χ1v) is 5.58. The third-order valence-corrected chi connectivity index (χ3v) is 3.06. The molecule has 1 aliphatic carbocycles. The van der Waals surface area contributed by atoms with Gasteiger partial charge in [0, 0.05) is 12.6 Å². The highest BCUT2D eigenvalue weighted by Gasteiger charge is 2.37. The predicted octanol–water partition coefficient (Wildman–Crippen LogP) is 1.97. The van der Waals surface area contributed by atoms with E-state index < -0.39 is 11.6 Å². The van der Waals surface area contributed by atoms with Crippen molar-refractivity contribution in [3.8, 4) is 0 Å². The highest BCUT2D eigenvalue weighted by molar-refractivity contribution is 5.70. The van der Waals surface area contributed by atoms with E-state index in [9.17, 15) is 9.18 Å². The minimum Gasteiger partial charge on any atom is -0.481 e. The van der Waals surface area contributed by atoms with Crippen molar-refractivity contribution in [2.45, 2.75) is 51.2 Å². The second-order valence-electron chi connectivity index (χ2n) is 4.80.